The zero-order valence-corrected chi connectivity index (χ0v) is 12.3. The van der Waals surface area contributed by atoms with Crippen molar-refractivity contribution in [3.05, 3.63) is 15.8 Å². The third-order valence-corrected chi connectivity index (χ3v) is 4.49. The van der Waals surface area contributed by atoms with E-state index in [9.17, 15) is 0 Å². The number of hydrogen-bond donors (Lipinski definition) is 1. The van der Waals surface area contributed by atoms with Crippen molar-refractivity contribution in [3.8, 4) is 0 Å². The second-order valence-corrected chi connectivity index (χ2v) is 7.77. The Morgan fingerprint density at radius 1 is 1.44 bits per heavy atom. The van der Waals surface area contributed by atoms with Crippen LogP contribution < -0.4 is 0 Å². The van der Waals surface area contributed by atoms with E-state index >= 15 is 0 Å². The third-order valence-electron chi connectivity index (χ3n) is 1.85. The lowest BCUT2D eigenvalue weighted by atomic mass is 9.93. The van der Waals surface area contributed by atoms with E-state index in [2.05, 4.69) is 56.9 Å². The summed E-state index contributed by atoms with van der Waals surface area (Å²) in [5.41, 5.74) is 1.13. The van der Waals surface area contributed by atoms with Crippen LogP contribution in [0.5, 0.6) is 0 Å². The molecular formula is C9H11BrN4S2. The molecule has 0 atom stereocenters. The number of aromatic nitrogens is 4. The maximum absolute atomic E-state index is 4.60. The molecule has 0 aliphatic heterocycles. The van der Waals surface area contributed by atoms with Gasteiger partial charge in [-0.25, -0.2) is 9.97 Å². The first kappa shape index (κ1) is 12.1. The quantitative estimate of drug-likeness (QED) is 0.921. The minimum atomic E-state index is 0.0488. The number of hydrogen-bond acceptors (Lipinski definition) is 5. The molecule has 0 aromatic carbocycles. The molecule has 7 heteroatoms. The predicted molar refractivity (Wildman–Crippen MR) is 69.0 cm³/mol. The standard InChI is InChI=1S/C9H11BrN4S2/c1-9(2,3)5-6(10)15-8(13-5)16-7-11-4-12-14-7/h4H,1-3H3,(H,11,12,14). The molecule has 0 saturated carbocycles. The van der Waals surface area contributed by atoms with Crippen molar-refractivity contribution in [1.29, 1.82) is 0 Å². The number of aromatic amines is 1. The Labute approximate surface area is 110 Å². The summed E-state index contributed by atoms with van der Waals surface area (Å²) in [6.45, 7) is 6.44. The van der Waals surface area contributed by atoms with Gasteiger partial charge in [0, 0.05) is 5.41 Å². The molecule has 0 radical (unpaired) electrons. The van der Waals surface area contributed by atoms with Crippen molar-refractivity contribution >= 4 is 39.0 Å². The topological polar surface area (TPSA) is 54.5 Å². The highest BCUT2D eigenvalue weighted by molar-refractivity contribution is 9.11. The Morgan fingerprint density at radius 2 is 2.19 bits per heavy atom. The Morgan fingerprint density at radius 3 is 2.69 bits per heavy atom. The molecule has 0 spiro atoms. The first-order valence-corrected chi connectivity index (χ1v) is 7.10. The largest absolute Gasteiger partial charge is 0.265 e. The molecule has 2 aromatic heterocycles. The van der Waals surface area contributed by atoms with Gasteiger partial charge in [-0.2, -0.15) is 0 Å². The molecule has 2 aromatic rings. The van der Waals surface area contributed by atoms with Gasteiger partial charge in [0.25, 0.3) is 0 Å². The first-order valence-electron chi connectivity index (χ1n) is 4.67. The van der Waals surface area contributed by atoms with Crippen molar-refractivity contribution < 1.29 is 0 Å². The predicted octanol–water partition coefficient (Wildman–Crippen LogP) is 3.47. The van der Waals surface area contributed by atoms with Crippen molar-refractivity contribution in [2.45, 2.75) is 35.7 Å². The van der Waals surface area contributed by atoms with Crippen LogP contribution in [0.1, 0.15) is 26.5 Å². The summed E-state index contributed by atoms with van der Waals surface area (Å²) in [5.74, 6) is 0. The molecular weight excluding hydrogens is 308 g/mol. The van der Waals surface area contributed by atoms with Gasteiger partial charge in [0.2, 0.25) is 5.16 Å². The molecule has 0 unspecified atom stereocenters. The number of halogens is 1. The fourth-order valence-electron chi connectivity index (χ4n) is 1.11. The number of nitrogens with zero attached hydrogens (tertiary/aromatic N) is 3. The molecule has 0 amide bonds. The van der Waals surface area contributed by atoms with E-state index in [0.29, 0.717) is 5.16 Å². The zero-order chi connectivity index (χ0) is 11.8. The summed E-state index contributed by atoms with van der Waals surface area (Å²) in [6.07, 6.45) is 1.57. The lowest BCUT2D eigenvalue weighted by Gasteiger charge is -2.15. The van der Waals surface area contributed by atoms with E-state index in [0.717, 1.165) is 13.8 Å². The molecule has 0 aliphatic carbocycles. The number of rotatable bonds is 2. The van der Waals surface area contributed by atoms with Gasteiger partial charge in [0.1, 0.15) is 6.33 Å². The van der Waals surface area contributed by atoms with E-state index in [-0.39, 0.29) is 5.41 Å². The van der Waals surface area contributed by atoms with Crippen LogP contribution in [0, 0.1) is 0 Å². The summed E-state index contributed by atoms with van der Waals surface area (Å²) in [7, 11) is 0. The van der Waals surface area contributed by atoms with E-state index in [4.69, 9.17) is 0 Å². The minimum Gasteiger partial charge on any atom is -0.265 e. The molecule has 16 heavy (non-hydrogen) atoms. The molecule has 1 N–H and O–H groups in total. The molecule has 0 aliphatic rings. The van der Waals surface area contributed by atoms with Crippen LogP contribution in [0.15, 0.2) is 19.6 Å². The smallest absolute Gasteiger partial charge is 0.215 e. The highest BCUT2D eigenvalue weighted by atomic mass is 79.9. The molecule has 0 bridgehead atoms. The van der Waals surface area contributed by atoms with Gasteiger partial charge >= 0.3 is 0 Å². The highest BCUT2D eigenvalue weighted by Gasteiger charge is 2.22. The van der Waals surface area contributed by atoms with Crippen LogP contribution in [0.3, 0.4) is 0 Å². The second-order valence-electron chi connectivity index (χ2n) is 4.24. The average Bonchev–Trinajstić information content (AvgIpc) is 2.74. The summed E-state index contributed by atoms with van der Waals surface area (Å²) < 4.78 is 2.04. The molecule has 2 rings (SSSR count). The van der Waals surface area contributed by atoms with Crippen LogP contribution in [0.4, 0.5) is 0 Å². The number of H-pyrrole nitrogens is 1. The van der Waals surface area contributed by atoms with Crippen LogP contribution in [0.2, 0.25) is 0 Å². The fourth-order valence-corrected chi connectivity index (χ4v) is 4.45. The summed E-state index contributed by atoms with van der Waals surface area (Å²) in [5, 5.41) is 7.37. The van der Waals surface area contributed by atoms with Crippen LogP contribution in [-0.4, -0.2) is 20.2 Å². The van der Waals surface area contributed by atoms with Gasteiger partial charge in [-0.3, -0.25) is 5.10 Å². The Bertz CT molecular complexity index is 472. The molecule has 86 valence electrons. The van der Waals surface area contributed by atoms with Crippen molar-refractivity contribution in [1.82, 2.24) is 20.2 Å². The second kappa shape index (κ2) is 4.46. The average molecular weight is 319 g/mol. The summed E-state index contributed by atoms with van der Waals surface area (Å²) in [4.78, 5) is 8.66. The van der Waals surface area contributed by atoms with Gasteiger partial charge < -0.3 is 0 Å². The third kappa shape index (κ3) is 2.64. The maximum Gasteiger partial charge on any atom is 0.215 e. The van der Waals surface area contributed by atoms with Gasteiger partial charge in [0.05, 0.1) is 9.48 Å². The summed E-state index contributed by atoms with van der Waals surface area (Å²) in [6, 6.07) is 0. The Balaban J connectivity index is 2.25. The van der Waals surface area contributed by atoms with E-state index in [1.54, 1.807) is 17.7 Å². The Kier molecular flexibility index (Phi) is 3.37. The lowest BCUT2D eigenvalue weighted by molar-refractivity contribution is 0.566. The normalized spacial score (nSPS) is 12.0. The maximum atomic E-state index is 4.60. The minimum absolute atomic E-state index is 0.0488. The van der Waals surface area contributed by atoms with Crippen LogP contribution in [0.25, 0.3) is 0 Å². The van der Waals surface area contributed by atoms with E-state index < -0.39 is 0 Å². The van der Waals surface area contributed by atoms with Gasteiger partial charge in [-0.05, 0) is 27.7 Å². The van der Waals surface area contributed by atoms with Crippen molar-refractivity contribution in [3.63, 3.8) is 0 Å². The van der Waals surface area contributed by atoms with Gasteiger partial charge in [0.15, 0.2) is 4.34 Å². The van der Waals surface area contributed by atoms with Crippen LogP contribution >= 0.6 is 39.0 Å². The van der Waals surface area contributed by atoms with E-state index in [1.165, 1.54) is 11.8 Å². The van der Waals surface area contributed by atoms with Crippen molar-refractivity contribution in [2.24, 2.45) is 0 Å². The number of thiazole rings is 1. The fraction of sp³-hybridized carbons (Fsp3) is 0.444. The summed E-state index contributed by atoms with van der Waals surface area (Å²) >= 11 is 6.63. The van der Waals surface area contributed by atoms with E-state index in [1.807, 2.05) is 0 Å². The van der Waals surface area contributed by atoms with Gasteiger partial charge in [-0.15, -0.1) is 5.10 Å². The number of nitrogens with one attached hydrogen (secondary N) is 1. The van der Waals surface area contributed by atoms with Crippen molar-refractivity contribution in [2.75, 3.05) is 0 Å². The van der Waals surface area contributed by atoms with Gasteiger partial charge in [-0.1, -0.05) is 32.1 Å². The molecule has 2 heterocycles. The molecule has 0 saturated heterocycles. The zero-order valence-electron chi connectivity index (χ0n) is 9.11. The highest BCUT2D eigenvalue weighted by Crippen LogP contribution is 2.38. The lowest BCUT2D eigenvalue weighted by Crippen LogP contribution is -2.12. The SMILES string of the molecule is CC(C)(C)c1nc(Sc2nc[nH]n2)sc1Br. The first-order chi connectivity index (χ1) is 7.47. The monoisotopic (exact) mass is 318 g/mol. The Hall–Kier alpha value is -0.400. The van der Waals surface area contributed by atoms with Crippen LogP contribution in [-0.2, 0) is 5.41 Å². The molecule has 0 fully saturated rings. The molecule has 4 nitrogen and oxygen atoms in total.